The highest BCUT2D eigenvalue weighted by molar-refractivity contribution is 6.31. The van der Waals surface area contributed by atoms with Gasteiger partial charge >= 0.3 is 0 Å². The van der Waals surface area contributed by atoms with Crippen LogP contribution in [-0.2, 0) is 13.1 Å². The Labute approximate surface area is 167 Å². The lowest BCUT2D eigenvalue weighted by Crippen LogP contribution is -2.32. The molecular weight excluding hydrogens is 384 g/mol. The highest BCUT2D eigenvalue weighted by Gasteiger charge is 2.20. The van der Waals surface area contributed by atoms with Gasteiger partial charge in [0.25, 0.3) is 5.91 Å². The monoisotopic (exact) mass is 405 g/mol. The molecular formula is C21H22ClF2N3O. The maximum absolute atomic E-state index is 13.7. The summed E-state index contributed by atoms with van der Waals surface area (Å²) in [5.41, 5.74) is 1.73. The largest absolute Gasteiger partial charge is 0.331 e. The Morgan fingerprint density at radius 2 is 1.93 bits per heavy atom. The maximum atomic E-state index is 13.7. The van der Waals surface area contributed by atoms with Crippen LogP contribution in [0.3, 0.4) is 0 Å². The molecule has 0 saturated carbocycles. The molecule has 1 heterocycles. The fourth-order valence-corrected chi connectivity index (χ4v) is 3.42. The summed E-state index contributed by atoms with van der Waals surface area (Å²) in [6.45, 7) is 5.47. The average molecular weight is 406 g/mol. The first-order chi connectivity index (χ1) is 13.4. The maximum Gasteiger partial charge on any atom is 0.254 e. The Hall–Kier alpha value is -2.47. The minimum Gasteiger partial charge on any atom is -0.331 e. The SMILES string of the molecule is CCCN(Cc1nc2ccc(F)cc2n1CCC)C(=O)c1ccc(F)c(Cl)c1. The summed E-state index contributed by atoms with van der Waals surface area (Å²) in [4.78, 5) is 19.3. The lowest BCUT2D eigenvalue weighted by molar-refractivity contribution is 0.0737. The van der Waals surface area contributed by atoms with Crippen molar-refractivity contribution >= 4 is 28.5 Å². The molecule has 0 aliphatic carbocycles. The van der Waals surface area contributed by atoms with Crippen molar-refractivity contribution in [3.63, 3.8) is 0 Å². The molecule has 0 spiro atoms. The summed E-state index contributed by atoms with van der Waals surface area (Å²) >= 11 is 5.84. The van der Waals surface area contributed by atoms with Crippen LogP contribution in [0.15, 0.2) is 36.4 Å². The fraction of sp³-hybridized carbons (Fsp3) is 0.333. The molecule has 0 fully saturated rings. The van der Waals surface area contributed by atoms with Crippen LogP contribution in [-0.4, -0.2) is 26.9 Å². The number of halogens is 3. The molecule has 3 rings (SSSR count). The van der Waals surface area contributed by atoms with Gasteiger partial charge in [0.2, 0.25) is 0 Å². The van der Waals surface area contributed by atoms with Gasteiger partial charge < -0.3 is 9.47 Å². The highest BCUT2D eigenvalue weighted by atomic mass is 35.5. The number of rotatable bonds is 7. The number of hydrogen-bond donors (Lipinski definition) is 0. The summed E-state index contributed by atoms with van der Waals surface area (Å²) in [7, 11) is 0. The zero-order valence-corrected chi connectivity index (χ0v) is 16.6. The third kappa shape index (κ3) is 4.17. The predicted molar refractivity (Wildman–Crippen MR) is 106 cm³/mol. The quantitative estimate of drug-likeness (QED) is 0.525. The minimum absolute atomic E-state index is 0.0870. The van der Waals surface area contributed by atoms with Gasteiger partial charge in [-0.1, -0.05) is 25.4 Å². The van der Waals surface area contributed by atoms with E-state index in [1.54, 1.807) is 11.0 Å². The topological polar surface area (TPSA) is 38.1 Å². The van der Waals surface area contributed by atoms with Crippen molar-refractivity contribution in [2.45, 2.75) is 39.8 Å². The Bertz CT molecular complexity index is 1000. The smallest absolute Gasteiger partial charge is 0.254 e. The van der Waals surface area contributed by atoms with Gasteiger partial charge in [0.05, 0.1) is 22.6 Å². The number of carbonyl (C=O) groups excluding carboxylic acids is 1. The van der Waals surface area contributed by atoms with Crippen LogP contribution in [0.2, 0.25) is 5.02 Å². The van der Waals surface area contributed by atoms with E-state index in [2.05, 4.69) is 4.98 Å². The second kappa shape index (κ2) is 8.69. The molecule has 0 radical (unpaired) electrons. The van der Waals surface area contributed by atoms with Gasteiger partial charge in [0.15, 0.2) is 0 Å². The molecule has 28 heavy (non-hydrogen) atoms. The Morgan fingerprint density at radius 1 is 1.14 bits per heavy atom. The summed E-state index contributed by atoms with van der Waals surface area (Å²) in [6.07, 6.45) is 1.60. The molecule has 2 aromatic carbocycles. The normalized spacial score (nSPS) is 11.2. The Balaban J connectivity index is 1.96. The first-order valence-electron chi connectivity index (χ1n) is 9.33. The van der Waals surface area contributed by atoms with Gasteiger partial charge in [-0.3, -0.25) is 4.79 Å². The molecule has 1 amide bonds. The number of carbonyl (C=O) groups is 1. The molecule has 7 heteroatoms. The van der Waals surface area contributed by atoms with E-state index in [1.165, 1.54) is 30.3 Å². The lowest BCUT2D eigenvalue weighted by atomic mass is 10.2. The second-order valence-electron chi connectivity index (χ2n) is 6.67. The van der Waals surface area contributed by atoms with Gasteiger partial charge in [-0.2, -0.15) is 0 Å². The van der Waals surface area contributed by atoms with Crippen molar-refractivity contribution in [3.8, 4) is 0 Å². The molecule has 0 bridgehead atoms. The van der Waals surface area contributed by atoms with E-state index in [1.807, 2.05) is 18.4 Å². The zero-order chi connectivity index (χ0) is 20.3. The number of aryl methyl sites for hydroxylation is 1. The minimum atomic E-state index is -0.563. The van der Waals surface area contributed by atoms with E-state index in [4.69, 9.17) is 11.6 Å². The van der Waals surface area contributed by atoms with Gasteiger partial charge in [-0.15, -0.1) is 0 Å². The van der Waals surface area contributed by atoms with E-state index < -0.39 is 5.82 Å². The summed E-state index contributed by atoms with van der Waals surface area (Å²) < 4.78 is 29.1. The van der Waals surface area contributed by atoms with Crippen LogP contribution < -0.4 is 0 Å². The number of amides is 1. The molecule has 0 unspecified atom stereocenters. The van der Waals surface area contributed by atoms with Crippen LogP contribution in [0.25, 0.3) is 11.0 Å². The van der Waals surface area contributed by atoms with Crippen molar-refractivity contribution in [1.29, 1.82) is 0 Å². The van der Waals surface area contributed by atoms with Gasteiger partial charge in [0.1, 0.15) is 17.5 Å². The van der Waals surface area contributed by atoms with Crippen LogP contribution in [0.1, 0.15) is 42.9 Å². The number of nitrogens with zero attached hydrogens (tertiary/aromatic N) is 3. The zero-order valence-electron chi connectivity index (χ0n) is 15.9. The molecule has 0 aliphatic rings. The van der Waals surface area contributed by atoms with Crippen LogP contribution in [0, 0.1) is 11.6 Å². The predicted octanol–water partition coefficient (Wildman–Crippen LogP) is 5.43. The van der Waals surface area contributed by atoms with Crippen molar-refractivity contribution < 1.29 is 13.6 Å². The molecule has 0 aliphatic heterocycles. The van der Waals surface area contributed by atoms with Crippen molar-refractivity contribution in [2.75, 3.05) is 6.54 Å². The van der Waals surface area contributed by atoms with Crippen LogP contribution in [0.4, 0.5) is 8.78 Å². The third-order valence-electron chi connectivity index (χ3n) is 4.52. The van der Waals surface area contributed by atoms with E-state index >= 15 is 0 Å². The van der Waals surface area contributed by atoms with E-state index in [9.17, 15) is 13.6 Å². The molecule has 148 valence electrons. The standard InChI is InChI=1S/C21H22ClF2N3O/c1-3-9-26(21(28)14-5-7-17(24)16(22)11-14)13-20-25-18-8-6-15(23)12-19(18)27(20)10-4-2/h5-8,11-12H,3-4,9-10,13H2,1-2H3. The second-order valence-corrected chi connectivity index (χ2v) is 7.08. The fourth-order valence-electron chi connectivity index (χ4n) is 3.24. The average Bonchev–Trinajstić information content (AvgIpc) is 3.00. The summed E-state index contributed by atoms with van der Waals surface area (Å²) in [5.74, 6) is -0.437. The van der Waals surface area contributed by atoms with E-state index in [0.717, 1.165) is 12.8 Å². The Morgan fingerprint density at radius 3 is 2.61 bits per heavy atom. The first kappa shape index (κ1) is 20.3. The number of hydrogen-bond acceptors (Lipinski definition) is 2. The lowest BCUT2D eigenvalue weighted by Gasteiger charge is -2.22. The number of aromatic nitrogens is 2. The molecule has 0 saturated heterocycles. The number of benzene rings is 2. The van der Waals surface area contributed by atoms with Gasteiger partial charge in [0, 0.05) is 18.7 Å². The third-order valence-corrected chi connectivity index (χ3v) is 4.81. The summed E-state index contributed by atoms with van der Waals surface area (Å²) in [5, 5.41) is -0.0870. The van der Waals surface area contributed by atoms with Gasteiger partial charge in [-0.05, 0) is 49.2 Å². The number of imidazole rings is 1. The van der Waals surface area contributed by atoms with Crippen LogP contribution >= 0.6 is 11.6 Å². The Kier molecular flexibility index (Phi) is 6.29. The summed E-state index contributed by atoms with van der Waals surface area (Å²) in [6, 6.07) is 8.45. The van der Waals surface area contributed by atoms with Crippen molar-refractivity contribution in [3.05, 3.63) is 64.4 Å². The van der Waals surface area contributed by atoms with Crippen molar-refractivity contribution in [2.24, 2.45) is 0 Å². The van der Waals surface area contributed by atoms with Crippen LogP contribution in [0.5, 0.6) is 0 Å². The molecule has 4 nitrogen and oxygen atoms in total. The van der Waals surface area contributed by atoms with E-state index in [0.29, 0.717) is 35.5 Å². The molecule has 3 aromatic rings. The number of fused-ring (bicyclic) bond motifs is 1. The van der Waals surface area contributed by atoms with Crippen molar-refractivity contribution in [1.82, 2.24) is 14.5 Å². The van der Waals surface area contributed by atoms with Gasteiger partial charge in [-0.25, -0.2) is 13.8 Å². The first-order valence-corrected chi connectivity index (χ1v) is 9.71. The highest BCUT2D eigenvalue weighted by Crippen LogP contribution is 2.22. The molecule has 0 atom stereocenters. The molecule has 0 N–H and O–H groups in total. The molecule has 1 aromatic heterocycles. The van der Waals surface area contributed by atoms with E-state index in [-0.39, 0.29) is 23.3 Å².